The first kappa shape index (κ1) is 17.6. The number of halogens is 1. The lowest BCUT2D eigenvalue weighted by molar-refractivity contribution is 0.399. The highest BCUT2D eigenvalue weighted by Crippen LogP contribution is 2.24. The van der Waals surface area contributed by atoms with Crippen molar-refractivity contribution in [3.05, 3.63) is 52.5 Å². The lowest BCUT2D eigenvalue weighted by atomic mass is 10.2. The van der Waals surface area contributed by atoms with Gasteiger partial charge in [-0.05, 0) is 54.7 Å². The Hall–Kier alpha value is -1.79. The highest BCUT2D eigenvalue weighted by Gasteiger charge is 2.10. The van der Waals surface area contributed by atoms with Gasteiger partial charge in [-0.3, -0.25) is 0 Å². The molecule has 0 spiro atoms. The van der Waals surface area contributed by atoms with Crippen molar-refractivity contribution in [3.63, 3.8) is 0 Å². The van der Waals surface area contributed by atoms with E-state index in [1.807, 2.05) is 54.4 Å². The Morgan fingerprint density at radius 1 is 1.13 bits per heavy atom. The van der Waals surface area contributed by atoms with E-state index in [4.69, 9.17) is 21.7 Å². The standard InChI is InChI=1S/C17H19BrN2O2S/c1-20(11-12-10-13(18)4-9-16(12)22-3)17(23)19-14-5-7-15(21-2)8-6-14/h4-10H,11H2,1-3H3,(H,19,23). The van der Waals surface area contributed by atoms with Gasteiger partial charge in [-0.15, -0.1) is 0 Å². The highest BCUT2D eigenvalue weighted by molar-refractivity contribution is 9.10. The van der Waals surface area contributed by atoms with E-state index in [0.29, 0.717) is 11.7 Å². The van der Waals surface area contributed by atoms with Crippen molar-refractivity contribution in [2.75, 3.05) is 26.6 Å². The van der Waals surface area contributed by atoms with Gasteiger partial charge in [-0.1, -0.05) is 15.9 Å². The van der Waals surface area contributed by atoms with Gasteiger partial charge < -0.3 is 19.7 Å². The fourth-order valence-corrected chi connectivity index (χ4v) is 2.68. The molecule has 0 bridgehead atoms. The molecular formula is C17H19BrN2O2S. The van der Waals surface area contributed by atoms with Crippen molar-refractivity contribution in [1.29, 1.82) is 0 Å². The van der Waals surface area contributed by atoms with Crippen molar-refractivity contribution in [2.24, 2.45) is 0 Å². The molecule has 23 heavy (non-hydrogen) atoms. The first-order chi connectivity index (χ1) is 11.0. The van der Waals surface area contributed by atoms with Crippen LogP contribution in [-0.2, 0) is 6.54 Å². The predicted molar refractivity (Wildman–Crippen MR) is 101 cm³/mol. The summed E-state index contributed by atoms with van der Waals surface area (Å²) in [5.41, 5.74) is 1.98. The van der Waals surface area contributed by atoms with Crippen LogP contribution in [0.3, 0.4) is 0 Å². The second kappa shape index (κ2) is 8.17. The molecule has 122 valence electrons. The molecule has 2 rings (SSSR count). The number of ether oxygens (including phenoxy) is 2. The summed E-state index contributed by atoms with van der Waals surface area (Å²) in [5.74, 6) is 1.65. The van der Waals surface area contributed by atoms with Crippen LogP contribution in [-0.4, -0.2) is 31.3 Å². The van der Waals surface area contributed by atoms with Gasteiger partial charge in [0.25, 0.3) is 0 Å². The van der Waals surface area contributed by atoms with E-state index in [1.165, 1.54) is 0 Å². The molecule has 0 aliphatic carbocycles. The normalized spacial score (nSPS) is 10.1. The van der Waals surface area contributed by atoms with E-state index in [9.17, 15) is 0 Å². The predicted octanol–water partition coefficient (Wildman–Crippen LogP) is 4.30. The third kappa shape index (κ3) is 4.84. The third-order valence-electron chi connectivity index (χ3n) is 3.34. The van der Waals surface area contributed by atoms with Gasteiger partial charge in [0.15, 0.2) is 5.11 Å². The molecule has 0 fully saturated rings. The number of rotatable bonds is 5. The summed E-state index contributed by atoms with van der Waals surface area (Å²) in [6, 6.07) is 13.6. The van der Waals surface area contributed by atoms with Crippen LogP contribution in [0.2, 0.25) is 0 Å². The number of hydrogen-bond acceptors (Lipinski definition) is 3. The van der Waals surface area contributed by atoms with Crippen LogP contribution in [0.15, 0.2) is 46.9 Å². The topological polar surface area (TPSA) is 33.7 Å². The molecule has 0 aliphatic heterocycles. The van der Waals surface area contributed by atoms with Crippen LogP contribution >= 0.6 is 28.1 Å². The van der Waals surface area contributed by atoms with Gasteiger partial charge >= 0.3 is 0 Å². The number of benzene rings is 2. The van der Waals surface area contributed by atoms with Crippen LogP contribution in [0, 0.1) is 0 Å². The minimum atomic E-state index is 0.636. The smallest absolute Gasteiger partial charge is 0.173 e. The first-order valence-electron chi connectivity index (χ1n) is 7.02. The molecule has 0 aliphatic rings. The zero-order valence-corrected chi connectivity index (χ0v) is 15.7. The summed E-state index contributed by atoms with van der Waals surface area (Å²) >= 11 is 8.95. The molecule has 2 aromatic carbocycles. The maximum absolute atomic E-state index is 5.46. The van der Waals surface area contributed by atoms with E-state index in [-0.39, 0.29) is 0 Å². The summed E-state index contributed by atoms with van der Waals surface area (Å²) in [4.78, 5) is 1.96. The highest BCUT2D eigenvalue weighted by atomic mass is 79.9. The molecular weight excluding hydrogens is 376 g/mol. The minimum absolute atomic E-state index is 0.636. The summed E-state index contributed by atoms with van der Waals surface area (Å²) < 4.78 is 11.6. The average molecular weight is 395 g/mol. The van der Waals surface area contributed by atoms with Crippen molar-refractivity contribution in [3.8, 4) is 11.5 Å². The molecule has 0 aromatic heterocycles. The van der Waals surface area contributed by atoms with Crippen molar-refractivity contribution < 1.29 is 9.47 Å². The number of hydrogen-bond donors (Lipinski definition) is 1. The molecule has 0 atom stereocenters. The van der Waals surface area contributed by atoms with Gasteiger partial charge in [-0.25, -0.2) is 0 Å². The molecule has 0 saturated carbocycles. The van der Waals surface area contributed by atoms with Gasteiger partial charge in [0.1, 0.15) is 11.5 Å². The van der Waals surface area contributed by atoms with Crippen molar-refractivity contribution >= 4 is 38.9 Å². The molecule has 0 unspecified atom stereocenters. The second-order valence-corrected chi connectivity index (χ2v) is 6.27. The van der Waals surface area contributed by atoms with Gasteiger partial charge in [0.05, 0.1) is 14.2 Å². The van der Waals surface area contributed by atoms with Crippen molar-refractivity contribution in [1.82, 2.24) is 4.90 Å². The molecule has 2 aromatic rings. The van der Waals surface area contributed by atoms with E-state index in [0.717, 1.165) is 27.2 Å². The molecule has 6 heteroatoms. The zero-order valence-electron chi connectivity index (χ0n) is 13.3. The summed E-state index contributed by atoms with van der Waals surface area (Å²) in [5, 5.41) is 3.85. The fraction of sp³-hybridized carbons (Fsp3) is 0.235. The SMILES string of the molecule is COc1ccc(NC(=S)N(C)Cc2cc(Br)ccc2OC)cc1. The maximum atomic E-state index is 5.46. The monoisotopic (exact) mass is 394 g/mol. The summed E-state index contributed by atoms with van der Waals surface area (Å²) in [6.07, 6.45) is 0. The van der Waals surface area contributed by atoms with Gasteiger partial charge in [0, 0.05) is 29.3 Å². The number of methoxy groups -OCH3 is 2. The molecule has 1 N–H and O–H groups in total. The largest absolute Gasteiger partial charge is 0.497 e. The Morgan fingerprint density at radius 3 is 2.43 bits per heavy atom. The fourth-order valence-electron chi connectivity index (χ4n) is 2.09. The Kier molecular flexibility index (Phi) is 6.24. The van der Waals surface area contributed by atoms with Gasteiger partial charge in [0.2, 0.25) is 0 Å². The second-order valence-electron chi connectivity index (χ2n) is 4.97. The van der Waals surface area contributed by atoms with Gasteiger partial charge in [-0.2, -0.15) is 0 Å². The molecule has 4 nitrogen and oxygen atoms in total. The van der Waals surface area contributed by atoms with E-state index in [2.05, 4.69) is 21.2 Å². The average Bonchev–Trinajstić information content (AvgIpc) is 2.55. The zero-order chi connectivity index (χ0) is 16.8. The first-order valence-corrected chi connectivity index (χ1v) is 8.22. The van der Waals surface area contributed by atoms with E-state index >= 15 is 0 Å². The van der Waals surface area contributed by atoms with Crippen LogP contribution in [0.4, 0.5) is 5.69 Å². The van der Waals surface area contributed by atoms with E-state index in [1.54, 1.807) is 14.2 Å². The molecule has 0 radical (unpaired) electrons. The Bertz CT molecular complexity index is 677. The van der Waals surface area contributed by atoms with E-state index < -0.39 is 0 Å². The summed E-state index contributed by atoms with van der Waals surface area (Å²) in [6.45, 7) is 0.643. The lowest BCUT2D eigenvalue weighted by Gasteiger charge is -2.22. The molecule has 0 heterocycles. The molecule has 0 saturated heterocycles. The van der Waals surface area contributed by atoms with Crippen LogP contribution in [0.5, 0.6) is 11.5 Å². The minimum Gasteiger partial charge on any atom is -0.497 e. The lowest BCUT2D eigenvalue weighted by Crippen LogP contribution is -2.30. The maximum Gasteiger partial charge on any atom is 0.173 e. The molecule has 0 amide bonds. The van der Waals surface area contributed by atoms with Crippen LogP contribution in [0.1, 0.15) is 5.56 Å². The summed E-state index contributed by atoms with van der Waals surface area (Å²) in [7, 11) is 5.26. The Labute approximate surface area is 150 Å². The Balaban J connectivity index is 2.03. The number of anilines is 1. The Morgan fingerprint density at radius 2 is 1.83 bits per heavy atom. The number of nitrogens with zero attached hydrogens (tertiary/aromatic N) is 1. The third-order valence-corrected chi connectivity index (χ3v) is 4.24. The van der Waals surface area contributed by atoms with Crippen LogP contribution < -0.4 is 14.8 Å². The van der Waals surface area contributed by atoms with Crippen LogP contribution in [0.25, 0.3) is 0 Å². The van der Waals surface area contributed by atoms with Crippen molar-refractivity contribution in [2.45, 2.75) is 6.54 Å². The quantitative estimate of drug-likeness (QED) is 0.764. The number of nitrogens with one attached hydrogen (secondary N) is 1. The number of thiocarbonyl (C=S) groups is 1.